The SMILES string of the molecule is CCc1ccc2c(c1)n(C)c(=O)n2[C@@H]1CCC(=O)NC1=O. The molecule has 2 amide bonds. The van der Waals surface area contributed by atoms with Crippen LogP contribution in [-0.2, 0) is 23.1 Å². The number of imide groups is 1. The van der Waals surface area contributed by atoms with Gasteiger partial charge in [-0.1, -0.05) is 13.0 Å². The monoisotopic (exact) mass is 287 g/mol. The Morgan fingerprint density at radius 1 is 1.24 bits per heavy atom. The molecule has 0 aliphatic carbocycles. The van der Waals surface area contributed by atoms with Gasteiger partial charge in [-0.05, 0) is 30.5 Å². The van der Waals surface area contributed by atoms with E-state index in [1.54, 1.807) is 11.6 Å². The average molecular weight is 287 g/mol. The maximum absolute atomic E-state index is 12.5. The van der Waals surface area contributed by atoms with Crippen LogP contribution in [0.25, 0.3) is 11.0 Å². The highest BCUT2D eigenvalue weighted by Gasteiger charge is 2.31. The first-order valence-corrected chi connectivity index (χ1v) is 7.06. The molecule has 1 aliphatic rings. The molecule has 1 N–H and O–H groups in total. The third-order valence-corrected chi connectivity index (χ3v) is 4.08. The summed E-state index contributed by atoms with van der Waals surface area (Å²) in [6.45, 7) is 2.05. The lowest BCUT2D eigenvalue weighted by molar-refractivity contribution is -0.135. The maximum Gasteiger partial charge on any atom is 0.329 e. The standard InChI is InChI=1S/C15H17N3O3/c1-3-9-4-5-10-12(8-9)17(2)15(21)18(10)11-6-7-13(19)16-14(11)20/h4-5,8,11H,3,6-7H2,1-2H3,(H,16,19,20)/t11-/m1/s1. The molecule has 0 saturated carbocycles. The van der Waals surface area contributed by atoms with Crippen molar-refractivity contribution >= 4 is 22.8 Å². The van der Waals surface area contributed by atoms with Gasteiger partial charge in [0, 0.05) is 13.5 Å². The van der Waals surface area contributed by atoms with Crippen LogP contribution < -0.4 is 11.0 Å². The maximum atomic E-state index is 12.5. The second-order valence-corrected chi connectivity index (χ2v) is 5.36. The van der Waals surface area contributed by atoms with Crippen molar-refractivity contribution in [1.29, 1.82) is 0 Å². The number of aryl methyl sites for hydroxylation is 2. The minimum absolute atomic E-state index is 0.229. The van der Waals surface area contributed by atoms with Gasteiger partial charge in [0.25, 0.3) is 0 Å². The molecule has 21 heavy (non-hydrogen) atoms. The number of nitrogens with zero attached hydrogens (tertiary/aromatic N) is 2. The molecule has 1 saturated heterocycles. The zero-order chi connectivity index (χ0) is 15.1. The van der Waals surface area contributed by atoms with Gasteiger partial charge >= 0.3 is 5.69 Å². The molecule has 1 aromatic heterocycles. The molecule has 1 atom stereocenters. The van der Waals surface area contributed by atoms with Crippen LogP contribution in [0.4, 0.5) is 0 Å². The summed E-state index contributed by atoms with van der Waals surface area (Å²) in [6, 6.07) is 5.19. The van der Waals surface area contributed by atoms with Crippen LogP contribution in [0, 0.1) is 0 Å². The van der Waals surface area contributed by atoms with Crippen LogP contribution in [0.2, 0.25) is 0 Å². The minimum Gasteiger partial charge on any atom is -0.295 e. The molecular weight excluding hydrogens is 270 g/mol. The lowest BCUT2D eigenvalue weighted by Crippen LogP contribution is -2.44. The first-order valence-electron chi connectivity index (χ1n) is 7.06. The first kappa shape index (κ1) is 13.6. The van der Waals surface area contributed by atoms with E-state index >= 15 is 0 Å². The normalized spacial score (nSPS) is 19.0. The van der Waals surface area contributed by atoms with Gasteiger partial charge in [-0.15, -0.1) is 0 Å². The summed E-state index contributed by atoms with van der Waals surface area (Å²) >= 11 is 0. The molecule has 1 aromatic carbocycles. The predicted molar refractivity (Wildman–Crippen MR) is 78.0 cm³/mol. The quantitative estimate of drug-likeness (QED) is 0.833. The molecule has 0 radical (unpaired) electrons. The zero-order valence-electron chi connectivity index (χ0n) is 12.0. The molecule has 3 rings (SSSR count). The van der Waals surface area contributed by atoms with Crippen molar-refractivity contribution in [3.05, 3.63) is 34.2 Å². The number of rotatable bonds is 2. The number of imidazole rings is 1. The van der Waals surface area contributed by atoms with Crippen LogP contribution >= 0.6 is 0 Å². The summed E-state index contributed by atoms with van der Waals surface area (Å²) < 4.78 is 3.05. The van der Waals surface area contributed by atoms with Crippen LogP contribution in [0.15, 0.2) is 23.0 Å². The number of nitrogens with one attached hydrogen (secondary N) is 1. The molecule has 6 heteroatoms. The van der Waals surface area contributed by atoms with Gasteiger partial charge in [0.2, 0.25) is 11.8 Å². The molecule has 0 bridgehead atoms. The predicted octanol–water partition coefficient (Wildman–Crippen LogP) is 0.880. The van der Waals surface area contributed by atoms with Gasteiger partial charge in [-0.3, -0.25) is 24.0 Å². The second-order valence-electron chi connectivity index (χ2n) is 5.36. The average Bonchev–Trinajstić information content (AvgIpc) is 2.71. The van der Waals surface area contributed by atoms with Crippen molar-refractivity contribution in [3.8, 4) is 0 Å². The smallest absolute Gasteiger partial charge is 0.295 e. The van der Waals surface area contributed by atoms with E-state index in [1.807, 2.05) is 18.2 Å². The number of carbonyl (C=O) groups excluding carboxylic acids is 2. The summed E-state index contributed by atoms with van der Waals surface area (Å²) in [5.41, 5.74) is 2.45. The molecule has 6 nitrogen and oxygen atoms in total. The third kappa shape index (κ3) is 2.07. The number of carbonyl (C=O) groups is 2. The van der Waals surface area contributed by atoms with Crippen molar-refractivity contribution in [2.24, 2.45) is 7.05 Å². The molecular formula is C15H17N3O3. The number of fused-ring (bicyclic) bond motifs is 1. The molecule has 1 fully saturated rings. The first-order chi connectivity index (χ1) is 10.0. The Morgan fingerprint density at radius 3 is 2.67 bits per heavy atom. The lowest BCUT2D eigenvalue weighted by atomic mass is 10.1. The van der Waals surface area contributed by atoms with Crippen molar-refractivity contribution in [1.82, 2.24) is 14.5 Å². The summed E-state index contributed by atoms with van der Waals surface area (Å²) in [5, 5.41) is 2.30. The fourth-order valence-electron chi connectivity index (χ4n) is 2.86. The van der Waals surface area contributed by atoms with Crippen molar-refractivity contribution in [2.75, 3.05) is 0 Å². The van der Waals surface area contributed by atoms with Crippen LogP contribution in [0.3, 0.4) is 0 Å². The van der Waals surface area contributed by atoms with Gasteiger partial charge < -0.3 is 0 Å². The van der Waals surface area contributed by atoms with Crippen molar-refractivity contribution < 1.29 is 9.59 Å². The minimum atomic E-state index is -0.619. The highest BCUT2D eigenvalue weighted by Crippen LogP contribution is 2.23. The summed E-state index contributed by atoms with van der Waals surface area (Å²) in [6.07, 6.45) is 1.50. The molecule has 1 aliphatic heterocycles. The second kappa shape index (κ2) is 4.87. The van der Waals surface area contributed by atoms with E-state index in [9.17, 15) is 14.4 Å². The highest BCUT2D eigenvalue weighted by molar-refractivity contribution is 6.00. The summed E-state index contributed by atoms with van der Waals surface area (Å²) in [5.74, 6) is -0.682. The number of hydrogen-bond donors (Lipinski definition) is 1. The molecule has 2 heterocycles. The number of piperidine rings is 1. The van der Waals surface area contributed by atoms with Gasteiger partial charge in [0.15, 0.2) is 0 Å². The Kier molecular flexibility index (Phi) is 3.16. The van der Waals surface area contributed by atoms with E-state index in [4.69, 9.17) is 0 Å². The fourth-order valence-corrected chi connectivity index (χ4v) is 2.86. The Hall–Kier alpha value is -2.37. The Morgan fingerprint density at radius 2 is 2.00 bits per heavy atom. The van der Waals surface area contributed by atoms with E-state index in [0.717, 1.165) is 23.0 Å². The summed E-state index contributed by atoms with van der Waals surface area (Å²) in [7, 11) is 1.70. The number of aromatic nitrogens is 2. The van der Waals surface area contributed by atoms with E-state index in [-0.39, 0.29) is 18.0 Å². The van der Waals surface area contributed by atoms with E-state index in [2.05, 4.69) is 12.2 Å². The Balaban J connectivity index is 2.19. The molecule has 0 unspecified atom stereocenters. The fraction of sp³-hybridized carbons (Fsp3) is 0.400. The summed E-state index contributed by atoms with van der Waals surface area (Å²) in [4.78, 5) is 35.8. The number of amides is 2. The van der Waals surface area contributed by atoms with E-state index in [0.29, 0.717) is 6.42 Å². The lowest BCUT2D eigenvalue weighted by Gasteiger charge is -2.21. The molecule has 2 aromatic rings. The van der Waals surface area contributed by atoms with Gasteiger partial charge in [0.05, 0.1) is 11.0 Å². The van der Waals surface area contributed by atoms with Crippen LogP contribution in [0.1, 0.15) is 31.4 Å². The third-order valence-electron chi connectivity index (χ3n) is 4.08. The Bertz CT molecular complexity index is 800. The van der Waals surface area contributed by atoms with Gasteiger partial charge in [-0.25, -0.2) is 4.79 Å². The number of hydrogen-bond acceptors (Lipinski definition) is 3. The highest BCUT2D eigenvalue weighted by atomic mass is 16.2. The van der Waals surface area contributed by atoms with Gasteiger partial charge in [-0.2, -0.15) is 0 Å². The topological polar surface area (TPSA) is 73.1 Å². The van der Waals surface area contributed by atoms with Crippen molar-refractivity contribution in [2.45, 2.75) is 32.2 Å². The Labute approximate surface area is 121 Å². The number of benzene rings is 1. The van der Waals surface area contributed by atoms with E-state index < -0.39 is 11.9 Å². The van der Waals surface area contributed by atoms with Crippen molar-refractivity contribution in [3.63, 3.8) is 0 Å². The largest absolute Gasteiger partial charge is 0.329 e. The van der Waals surface area contributed by atoms with Gasteiger partial charge in [0.1, 0.15) is 6.04 Å². The molecule has 0 spiro atoms. The zero-order valence-corrected chi connectivity index (χ0v) is 12.0. The van der Waals surface area contributed by atoms with Crippen LogP contribution in [-0.4, -0.2) is 20.9 Å². The van der Waals surface area contributed by atoms with Crippen LogP contribution in [0.5, 0.6) is 0 Å². The molecule has 110 valence electrons. The van der Waals surface area contributed by atoms with E-state index in [1.165, 1.54) is 4.57 Å².